The maximum atomic E-state index is 13.0. The van der Waals surface area contributed by atoms with Crippen LogP contribution in [0, 0.1) is 5.82 Å². The van der Waals surface area contributed by atoms with Crippen molar-refractivity contribution >= 4 is 23.6 Å². The zero-order valence-electron chi connectivity index (χ0n) is 14.9. The summed E-state index contributed by atoms with van der Waals surface area (Å²) in [7, 11) is 1.60. The van der Waals surface area contributed by atoms with Crippen molar-refractivity contribution in [2.24, 2.45) is 0 Å². The van der Waals surface area contributed by atoms with Gasteiger partial charge in [0.2, 0.25) is 11.8 Å². The third kappa shape index (κ3) is 5.23. The Morgan fingerprint density at radius 2 is 1.85 bits per heavy atom. The first-order valence-corrected chi connectivity index (χ1v) is 9.67. The number of thioether (sulfide) groups is 1. The highest BCUT2D eigenvalue weighted by atomic mass is 32.2. The van der Waals surface area contributed by atoms with E-state index < -0.39 is 6.04 Å². The smallest absolute Gasteiger partial charge is 0.243 e. The Kier molecular flexibility index (Phi) is 6.34. The number of hydrogen-bond donors (Lipinski definition) is 2. The number of methoxy groups -OCH3 is 1. The molecule has 1 aliphatic heterocycles. The number of hydrogen-bond acceptors (Lipinski definition) is 4. The molecule has 2 aromatic rings. The van der Waals surface area contributed by atoms with Crippen molar-refractivity contribution in [1.82, 2.24) is 10.6 Å². The fraction of sp³-hybridized carbons (Fsp3) is 0.300. The lowest BCUT2D eigenvalue weighted by molar-refractivity contribution is -0.128. The van der Waals surface area contributed by atoms with Crippen molar-refractivity contribution in [1.29, 1.82) is 0 Å². The van der Waals surface area contributed by atoms with Crippen LogP contribution in [-0.4, -0.2) is 36.0 Å². The van der Waals surface area contributed by atoms with Crippen LogP contribution >= 0.6 is 11.8 Å². The van der Waals surface area contributed by atoms with E-state index in [1.165, 1.54) is 23.9 Å². The topological polar surface area (TPSA) is 67.4 Å². The average Bonchev–Trinajstić information content (AvgIpc) is 2.69. The van der Waals surface area contributed by atoms with Gasteiger partial charge in [0.1, 0.15) is 17.6 Å². The van der Waals surface area contributed by atoms with Gasteiger partial charge >= 0.3 is 0 Å². The van der Waals surface area contributed by atoms with E-state index in [0.29, 0.717) is 18.7 Å². The van der Waals surface area contributed by atoms with Crippen LogP contribution in [0.4, 0.5) is 4.39 Å². The van der Waals surface area contributed by atoms with Gasteiger partial charge in [0.25, 0.3) is 0 Å². The summed E-state index contributed by atoms with van der Waals surface area (Å²) >= 11 is 1.45. The van der Waals surface area contributed by atoms with E-state index in [1.54, 1.807) is 19.2 Å². The summed E-state index contributed by atoms with van der Waals surface area (Å²) in [5, 5.41) is 5.36. The second-order valence-electron chi connectivity index (χ2n) is 6.28. The standard InChI is InChI=1S/C20H21FN2O3S/c1-26-16-8-4-14(5-9-16)11-22-19(24)17-12-27-18(20(25)23-17)10-13-2-6-15(21)7-3-13/h2-9,17-18H,10-12H2,1H3,(H,22,24)(H,23,25). The Balaban J connectivity index is 1.48. The molecule has 2 N–H and O–H groups in total. The van der Waals surface area contributed by atoms with Crippen molar-refractivity contribution in [2.75, 3.05) is 12.9 Å². The number of carbonyl (C=O) groups is 2. The molecule has 1 aliphatic rings. The summed E-state index contributed by atoms with van der Waals surface area (Å²) < 4.78 is 18.1. The first-order chi connectivity index (χ1) is 13.0. The maximum Gasteiger partial charge on any atom is 0.243 e. The molecule has 5 nitrogen and oxygen atoms in total. The average molecular weight is 388 g/mol. The molecule has 0 spiro atoms. The molecule has 1 saturated heterocycles. The van der Waals surface area contributed by atoms with E-state index in [0.717, 1.165) is 16.9 Å². The van der Waals surface area contributed by atoms with E-state index in [1.807, 2.05) is 24.3 Å². The normalized spacial score (nSPS) is 19.3. The van der Waals surface area contributed by atoms with Crippen LogP contribution in [0.5, 0.6) is 5.75 Å². The number of amides is 2. The number of benzene rings is 2. The van der Waals surface area contributed by atoms with E-state index in [9.17, 15) is 14.0 Å². The molecular weight excluding hydrogens is 367 g/mol. The zero-order valence-corrected chi connectivity index (χ0v) is 15.7. The SMILES string of the molecule is COc1ccc(CNC(=O)C2CSC(Cc3ccc(F)cc3)C(=O)N2)cc1. The van der Waals surface area contributed by atoms with Crippen molar-refractivity contribution < 1.29 is 18.7 Å². The fourth-order valence-electron chi connectivity index (χ4n) is 2.78. The lowest BCUT2D eigenvalue weighted by Crippen LogP contribution is -2.54. The molecule has 7 heteroatoms. The first-order valence-electron chi connectivity index (χ1n) is 8.62. The quantitative estimate of drug-likeness (QED) is 0.797. The lowest BCUT2D eigenvalue weighted by Gasteiger charge is -2.28. The van der Waals surface area contributed by atoms with Gasteiger partial charge in [0.05, 0.1) is 12.4 Å². The van der Waals surface area contributed by atoms with Gasteiger partial charge in [-0.3, -0.25) is 9.59 Å². The van der Waals surface area contributed by atoms with Crippen molar-refractivity contribution in [2.45, 2.75) is 24.3 Å². The van der Waals surface area contributed by atoms with Gasteiger partial charge in [-0.05, 0) is 41.8 Å². The van der Waals surface area contributed by atoms with Gasteiger partial charge in [-0.2, -0.15) is 0 Å². The van der Waals surface area contributed by atoms with Gasteiger partial charge in [0.15, 0.2) is 0 Å². The van der Waals surface area contributed by atoms with Gasteiger partial charge in [-0.15, -0.1) is 11.8 Å². The number of ether oxygens (including phenoxy) is 1. The van der Waals surface area contributed by atoms with Crippen LogP contribution in [0.15, 0.2) is 48.5 Å². The first kappa shape index (κ1) is 19.2. The highest BCUT2D eigenvalue weighted by molar-refractivity contribution is 8.00. The number of rotatable bonds is 6. The molecule has 142 valence electrons. The Bertz CT molecular complexity index is 796. The highest BCUT2D eigenvalue weighted by Crippen LogP contribution is 2.22. The summed E-state index contributed by atoms with van der Waals surface area (Å²) in [5.74, 6) is 0.597. The van der Waals surface area contributed by atoms with E-state index in [-0.39, 0.29) is 22.9 Å². The summed E-state index contributed by atoms with van der Waals surface area (Å²) in [6, 6.07) is 13.0. The van der Waals surface area contributed by atoms with Crippen LogP contribution in [0.3, 0.4) is 0 Å². The molecule has 2 amide bonds. The van der Waals surface area contributed by atoms with Gasteiger partial charge in [0, 0.05) is 12.3 Å². The zero-order chi connectivity index (χ0) is 19.2. The minimum absolute atomic E-state index is 0.167. The molecule has 0 aliphatic carbocycles. The predicted molar refractivity (Wildman–Crippen MR) is 103 cm³/mol. The summed E-state index contributed by atoms with van der Waals surface area (Å²) in [6.45, 7) is 0.388. The molecule has 3 rings (SSSR count). The molecule has 2 unspecified atom stereocenters. The number of nitrogens with one attached hydrogen (secondary N) is 2. The monoisotopic (exact) mass is 388 g/mol. The molecule has 0 aromatic heterocycles. The second kappa shape index (κ2) is 8.90. The number of carbonyl (C=O) groups excluding carboxylic acids is 2. The minimum Gasteiger partial charge on any atom is -0.497 e. The van der Waals surface area contributed by atoms with Crippen LogP contribution < -0.4 is 15.4 Å². The van der Waals surface area contributed by atoms with E-state index in [2.05, 4.69) is 10.6 Å². The van der Waals surface area contributed by atoms with E-state index in [4.69, 9.17) is 4.74 Å². The lowest BCUT2D eigenvalue weighted by atomic mass is 10.1. The molecule has 27 heavy (non-hydrogen) atoms. The third-order valence-corrected chi connectivity index (χ3v) is 5.66. The molecular formula is C20H21FN2O3S. The van der Waals surface area contributed by atoms with E-state index >= 15 is 0 Å². The Morgan fingerprint density at radius 3 is 2.48 bits per heavy atom. The molecule has 2 atom stereocenters. The highest BCUT2D eigenvalue weighted by Gasteiger charge is 2.32. The largest absolute Gasteiger partial charge is 0.497 e. The van der Waals surface area contributed by atoms with Gasteiger partial charge in [-0.1, -0.05) is 24.3 Å². The van der Waals surface area contributed by atoms with Crippen molar-refractivity contribution in [3.63, 3.8) is 0 Å². The fourth-order valence-corrected chi connectivity index (χ4v) is 3.97. The second-order valence-corrected chi connectivity index (χ2v) is 7.52. The summed E-state index contributed by atoms with van der Waals surface area (Å²) in [4.78, 5) is 24.7. The van der Waals surface area contributed by atoms with Crippen LogP contribution in [0.1, 0.15) is 11.1 Å². The summed E-state index contributed by atoms with van der Waals surface area (Å²) in [6.07, 6.45) is 0.511. The van der Waals surface area contributed by atoms with Crippen LogP contribution in [0.25, 0.3) is 0 Å². The van der Waals surface area contributed by atoms with Gasteiger partial charge in [-0.25, -0.2) is 4.39 Å². The molecule has 0 saturated carbocycles. The summed E-state index contributed by atoms with van der Waals surface area (Å²) in [5.41, 5.74) is 1.85. The van der Waals surface area contributed by atoms with Crippen molar-refractivity contribution in [3.05, 3.63) is 65.5 Å². The van der Waals surface area contributed by atoms with Crippen molar-refractivity contribution in [3.8, 4) is 5.75 Å². The Hall–Kier alpha value is -2.54. The Labute approximate surface area is 161 Å². The minimum atomic E-state index is -0.551. The van der Waals surface area contributed by atoms with Crippen LogP contribution in [-0.2, 0) is 22.6 Å². The molecule has 1 heterocycles. The third-order valence-electron chi connectivity index (χ3n) is 4.35. The van der Waals surface area contributed by atoms with Gasteiger partial charge < -0.3 is 15.4 Å². The molecule has 0 bridgehead atoms. The maximum absolute atomic E-state index is 13.0. The predicted octanol–water partition coefficient (Wildman–Crippen LogP) is 2.29. The van der Waals surface area contributed by atoms with Crippen LogP contribution in [0.2, 0.25) is 0 Å². The number of halogens is 1. The molecule has 1 fully saturated rings. The molecule has 0 radical (unpaired) electrons. The Morgan fingerprint density at radius 1 is 1.19 bits per heavy atom. The molecule has 2 aromatic carbocycles.